The maximum Gasteiger partial charge on any atom is 0.320 e. The first kappa shape index (κ1) is 30.3. The zero-order chi connectivity index (χ0) is 27.7. The lowest BCUT2D eigenvalue weighted by Gasteiger charge is -2.35. The summed E-state index contributed by atoms with van der Waals surface area (Å²) in [6.45, 7) is 5.55. The van der Waals surface area contributed by atoms with E-state index in [0.717, 1.165) is 45.4 Å². The topological polar surface area (TPSA) is 139 Å². The molecule has 40 heavy (non-hydrogen) atoms. The number of fused-ring (bicyclic) bond motifs is 4. The quantitative estimate of drug-likeness (QED) is 0.348. The molecule has 6 heterocycles. The van der Waals surface area contributed by atoms with Crippen LogP contribution in [0.25, 0.3) is 0 Å². The fraction of sp³-hybridized carbons (Fsp3) is 0.846. The van der Waals surface area contributed by atoms with Crippen LogP contribution in [0, 0.1) is 5.92 Å². The van der Waals surface area contributed by atoms with Gasteiger partial charge in [0.15, 0.2) is 0 Å². The highest BCUT2D eigenvalue weighted by atomic mass is 16.7. The number of hydroxylamine groups is 2. The number of hydrogen-bond acceptors (Lipinski definition) is 8. The fourth-order valence-electron chi connectivity index (χ4n) is 6.39. The Labute approximate surface area is 236 Å². The van der Waals surface area contributed by atoms with Crippen LogP contribution in [0.4, 0.5) is 9.59 Å². The van der Waals surface area contributed by atoms with Crippen LogP contribution in [0.15, 0.2) is 0 Å². The number of carbonyl (C=O) groups excluding carboxylic acids is 4. The molecule has 0 aromatic carbocycles. The average molecular weight is 567 g/mol. The Bertz CT molecular complexity index is 942. The van der Waals surface area contributed by atoms with Crippen molar-refractivity contribution in [3.63, 3.8) is 0 Å². The molecule has 0 spiro atoms. The summed E-state index contributed by atoms with van der Waals surface area (Å²) in [7, 11) is 5.66. The molecule has 6 fully saturated rings. The highest BCUT2D eigenvalue weighted by molar-refractivity contribution is 5.89. The number of nitrogens with zero attached hydrogens (tertiary/aromatic N) is 5. The summed E-state index contributed by atoms with van der Waals surface area (Å²) in [5.74, 6) is 0.101. The van der Waals surface area contributed by atoms with Gasteiger partial charge in [-0.05, 0) is 45.7 Å². The molecule has 0 radical (unpaired) electrons. The van der Waals surface area contributed by atoms with Crippen LogP contribution in [0.2, 0.25) is 0 Å². The van der Waals surface area contributed by atoms with Crippen molar-refractivity contribution in [2.24, 2.45) is 5.92 Å². The Morgan fingerprint density at radius 3 is 1.88 bits per heavy atom. The minimum Gasteiger partial charge on any atom is -0.323 e. The van der Waals surface area contributed by atoms with E-state index in [2.05, 4.69) is 28.2 Å². The first-order valence-corrected chi connectivity index (χ1v) is 14.1. The maximum absolute atomic E-state index is 12.1. The third-order valence-electron chi connectivity index (χ3n) is 8.88. The zero-order valence-electron chi connectivity index (χ0n) is 23.1. The molecule has 6 amide bonds. The summed E-state index contributed by atoms with van der Waals surface area (Å²) < 4.78 is 0. The third kappa shape index (κ3) is 6.29. The van der Waals surface area contributed by atoms with Crippen LogP contribution < -0.4 is 16.3 Å². The normalized spacial score (nSPS) is 31.4. The van der Waals surface area contributed by atoms with Gasteiger partial charge >= 0.3 is 12.1 Å². The molecule has 0 aromatic heterocycles. The minimum atomic E-state index is -0.386. The zero-order valence-corrected chi connectivity index (χ0v) is 23.1. The Kier molecular flexibility index (Phi) is 9.75. The van der Waals surface area contributed by atoms with Gasteiger partial charge in [0.25, 0.3) is 11.8 Å². The predicted molar refractivity (Wildman–Crippen MR) is 146 cm³/mol. The van der Waals surface area contributed by atoms with Crippen LogP contribution >= 0.6 is 0 Å². The van der Waals surface area contributed by atoms with E-state index in [0.29, 0.717) is 38.5 Å². The van der Waals surface area contributed by atoms with Gasteiger partial charge in [0.05, 0.1) is 24.8 Å². The lowest BCUT2D eigenvalue weighted by Crippen LogP contribution is -2.51. The molecule has 6 aliphatic heterocycles. The summed E-state index contributed by atoms with van der Waals surface area (Å²) in [4.78, 5) is 67.9. The van der Waals surface area contributed by atoms with Crippen LogP contribution in [0.3, 0.4) is 0 Å². The van der Waals surface area contributed by atoms with E-state index < -0.39 is 0 Å². The second kappa shape index (κ2) is 12.9. The summed E-state index contributed by atoms with van der Waals surface area (Å²) >= 11 is 0. The molecule has 4 bridgehead atoms. The van der Waals surface area contributed by atoms with Crippen molar-refractivity contribution >= 4 is 23.9 Å². The van der Waals surface area contributed by atoms with E-state index in [1.54, 1.807) is 33.7 Å². The number of hydrogen-bond donors (Lipinski definition) is 3. The molecule has 6 rings (SSSR count). The molecule has 6 aliphatic rings. The number of carbonyl (C=O) groups is 4. The summed E-state index contributed by atoms with van der Waals surface area (Å²) in [5, 5.41) is 3.17. The highest BCUT2D eigenvalue weighted by Crippen LogP contribution is 2.29. The largest absolute Gasteiger partial charge is 0.323 e. The van der Waals surface area contributed by atoms with Gasteiger partial charge in [-0.2, -0.15) is 0 Å². The van der Waals surface area contributed by atoms with Gasteiger partial charge in [0, 0.05) is 52.7 Å². The van der Waals surface area contributed by atoms with E-state index in [1.165, 1.54) is 0 Å². The molecule has 0 aliphatic carbocycles. The number of urea groups is 2. The molecule has 0 aromatic rings. The molecule has 226 valence electrons. The summed E-state index contributed by atoms with van der Waals surface area (Å²) in [5.41, 5.74) is 5.04. The second-order valence-electron chi connectivity index (χ2n) is 11.6. The first-order chi connectivity index (χ1) is 18.7. The number of likely N-dealkylation sites (tertiary alicyclic amines) is 1. The predicted octanol–water partition coefficient (Wildman–Crippen LogP) is -0.575. The van der Waals surface area contributed by atoms with Gasteiger partial charge < -0.3 is 29.8 Å². The maximum atomic E-state index is 12.1. The summed E-state index contributed by atoms with van der Waals surface area (Å²) in [6.07, 6.45) is 4.11. The van der Waals surface area contributed by atoms with Crippen LogP contribution in [-0.2, 0) is 19.3 Å². The van der Waals surface area contributed by atoms with E-state index >= 15 is 0 Å². The van der Waals surface area contributed by atoms with Crippen molar-refractivity contribution in [3.05, 3.63) is 0 Å². The summed E-state index contributed by atoms with van der Waals surface area (Å²) in [6, 6.07) is -0.344. The van der Waals surface area contributed by atoms with Crippen LogP contribution in [0.5, 0.6) is 0 Å². The third-order valence-corrected chi connectivity index (χ3v) is 8.88. The number of piperidine rings is 2. The lowest BCUT2D eigenvalue weighted by molar-refractivity contribution is -0.143. The number of amides is 6. The van der Waals surface area contributed by atoms with Crippen molar-refractivity contribution in [2.75, 3.05) is 67.0 Å². The van der Waals surface area contributed by atoms with E-state index in [-0.39, 0.29) is 61.6 Å². The molecule has 0 unspecified atom stereocenters. The molecule has 3 N–H and O–H groups in total. The molecule has 14 heteroatoms. The van der Waals surface area contributed by atoms with Crippen LogP contribution in [-0.4, -0.2) is 146 Å². The Hall–Kier alpha value is -2.68. The highest BCUT2D eigenvalue weighted by Gasteiger charge is 2.46. The number of nitrogens with one attached hydrogen (secondary N) is 3. The van der Waals surface area contributed by atoms with Crippen molar-refractivity contribution in [1.82, 2.24) is 40.8 Å². The molecule has 14 nitrogen and oxygen atoms in total. The van der Waals surface area contributed by atoms with Gasteiger partial charge in [-0.15, -0.1) is 0 Å². The van der Waals surface area contributed by atoms with E-state index in [9.17, 15) is 19.2 Å². The fourth-order valence-corrected chi connectivity index (χ4v) is 6.39. The van der Waals surface area contributed by atoms with Gasteiger partial charge in [-0.1, -0.05) is 7.43 Å². The molecular formula is C26H46N8O6. The smallest absolute Gasteiger partial charge is 0.320 e. The van der Waals surface area contributed by atoms with Crippen molar-refractivity contribution < 1.29 is 28.9 Å². The molecule has 6 saturated heterocycles. The van der Waals surface area contributed by atoms with Crippen molar-refractivity contribution in [1.29, 1.82) is 0 Å². The monoisotopic (exact) mass is 566 g/mol. The van der Waals surface area contributed by atoms with Gasteiger partial charge in [0.2, 0.25) is 0 Å². The van der Waals surface area contributed by atoms with Crippen LogP contribution in [0.1, 0.15) is 39.5 Å². The number of likely N-dealkylation sites (N-methyl/N-ethyl adjacent to an activating group) is 2. The van der Waals surface area contributed by atoms with E-state index in [1.807, 2.05) is 0 Å². The lowest BCUT2D eigenvalue weighted by atomic mass is 10.0. The van der Waals surface area contributed by atoms with Crippen molar-refractivity contribution in [3.8, 4) is 0 Å². The average Bonchev–Trinajstić information content (AvgIpc) is 3.58. The minimum absolute atomic E-state index is 0. The Morgan fingerprint density at radius 1 is 0.825 bits per heavy atom. The van der Waals surface area contributed by atoms with Crippen molar-refractivity contribution in [2.45, 2.75) is 69.8 Å². The second-order valence-corrected chi connectivity index (χ2v) is 11.6. The Balaban J connectivity index is 0.000000181. The molecule has 5 atom stereocenters. The number of rotatable bonds is 7. The van der Waals surface area contributed by atoms with Gasteiger partial charge in [-0.25, -0.2) is 20.5 Å². The van der Waals surface area contributed by atoms with Gasteiger partial charge in [0.1, 0.15) is 12.1 Å². The molecular weight excluding hydrogens is 520 g/mol. The van der Waals surface area contributed by atoms with E-state index in [4.69, 9.17) is 9.68 Å². The first-order valence-electron chi connectivity index (χ1n) is 14.1. The molecule has 0 saturated carbocycles. The SMILES string of the molecule is C.CN1C(=O)N2C[C@H]1CC[C@H]2C(=O)NO[C@H]1CCNC1.CN1CC(CONC(=O)[C@@H]2CC[C@@H]3CN2C(=O)N3C)C1. The standard InChI is InChI=1S/C13H22N4O3.C12H20N4O3.CH4/c1-15-5-9(6-15)8-20-14-12(18)11-4-3-10-7-17(11)13(19)16(10)2;1-15-8-2-3-10(16(7-8)12(15)18)11(17)14-19-9-4-5-13-6-9;/h9-11H,3-8H2,1-2H3,(H,14,18);8-10,13H,2-7H2,1H3,(H,14,17);1H4/t10-,11+;8-,9+,10+;/m11./s1. The van der Waals surface area contributed by atoms with Gasteiger partial charge in [-0.3, -0.25) is 19.3 Å². The Morgan fingerprint density at radius 2 is 1.38 bits per heavy atom.